The Morgan fingerprint density at radius 2 is 1.79 bits per heavy atom. The van der Waals surface area contributed by atoms with E-state index in [4.69, 9.17) is 4.74 Å². The minimum Gasteiger partial charge on any atom is -0.484 e. The summed E-state index contributed by atoms with van der Waals surface area (Å²) in [5.74, 6) is -1.80. The first-order valence-corrected chi connectivity index (χ1v) is 8.76. The van der Waals surface area contributed by atoms with Crippen LogP contribution >= 0.6 is 0 Å². The molecule has 2 aromatic rings. The number of hydrogen-bond acceptors (Lipinski definition) is 4. The Hall–Kier alpha value is -3.42. The molecule has 3 amide bonds. The van der Waals surface area contributed by atoms with Crippen LogP contribution in [0.2, 0.25) is 0 Å². The summed E-state index contributed by atoms with van der Waals surface area (Å²) in [6.07, 6.45) is 0.0711. The van der Waals surface area contributed by atoms with Gasteiger partial charge < -0.3 is 9.64 Å². The summed E-state index contributed by atoms with van der Waals surface area (Å²) in [7, 11) is 0. The first-order valence-electron chi connectivity index (χ1n) is 8.76. The van der Waals surface area contributed by atoms with Crippen LogP contribution in [0.4, 0.5) is 10.1 Å². The molecule has 0 aliphatic carbocycles. The molecule has 0 saturated carbocycles. The van der Waals surface area contributed by atoms with E-state index in [9.17, 15) is 18.8 Å². The normalized spacial score (nSPS) is 16.0. The number of carbonyl (C=O) groups excluding carboxylic acids is 3. The molecule has 3 rings (SSSR count). The third-order valence-electron chi connectivity index (χ3n) is 4.35. The number of ether oxygens (including phenoxy) is 1. The van der Waals surface area contributed by atoms with E-state index in [1.807, 2.05) is 31.2 Å². The van der Waals surface area contributed by atoms with Gasteiger partial charge in [0.1, 0.15) is 11.6 Å². The molecule has 0 bridgehead atoms. The number of hydrogen-bond donors (Lipinski definition) is 2. The first-order chi connectivity index (χ1) is 13.4. The second kappa shape index (κ2) is 8.51. The molecule has 146 valence electrons. The predicted molar refractivity (Wildman–Crippen MR) is 99.8 cm³/mol. The van der Waals surface area contributed by atoms with Crippen LogP contribution in [-0.2, 0) is 14.4 Å². The molecule has 1 saturated heterocycles. The smallest absolute Gasteiger partial charge is 0.276 e. The monoisotopic (exact) mass is 385 g/mol. The molecule has 1 aliphatic heterocycles. The molecule has 2 aromatic carbocycles. The highest BCUT2D eigenvalue weighted by atomic mass is 19.1. The minimum atomic E-state index is -0.572. The van der Waals surface area contributed by atoms with Gasteiger partial charge in [-0.25, -0.2) is 4.39 Å². The molecule has 28 heavy (non-hydrogen) atoms. The van der Waals surface area contributed by atoms with Crippen molar-refractivity contribution >= 4 is 23.4 Å². The van der Waals surface area contributed by atoms with Gasteiger partial charge in [-0.3, -0.25) is 25.2 Å². The van der Waals surface area contributed by atoms with Gasteiger partial charge in [0.05, 0.1) is 5.92 Å². The molecule has 1 atom stereocenters. The van der Waals surface area contributed by atoms with Gasteiger partial charge in [-0.05, 0) is 43.3 Å². The molecule has 0 aromatic heterocycles. The summed E-state index contributed by atoms with van der Waals surface area (Å²) in [6.45, 7) is 1.86. The molecule has 0 spiro atoms. The van der Waals surface area contributed by atoms with E-state index >= 15 is 0 Å². The number of rotatable bonds is 5. The van der Waals surface area contributed by atoms with E-state index in [0.717, 1.165) is 11.3 Å². The van der Waals surface area contributed by atoms with Crippen molar-refractivity contribution < 1.29 is 23.5 Å². The molecule has 8 heteroatoms. The van der Waals surface area contributed by atoms with Crippen molar-refractivity contribution in [1.29, 1.82) is 0 Å². The standard InChI is InChI=1S/C20H20FN3O4/c1-13-2-6-16(7-3-13)24-11-14(10-19(24)26)20(27)23-22-18(25)12-28-17-8-4-15(21)5-9-17/h2-9,14H,10-12H2,1H3,(H,22,25)(H,23,27)/t14-/m1/s1. The number of amides is 3. The Kier molecular flexibility index (Phi) is 5.88. The van der Waals surface area contributed by atoms with Crippen LogP contribution in [-0.4, -0.2) is 30.9 Å². The lowest BCUT2D eigenvalue weighted by atomic mass is 10.1. The average molecular weight is 385 g/mol. The van der Waals surface area contributed by atoms with Crippen LogP contribution in [0.3, 0.4) is 0 Å². The van der Waals surface area contributed by atoms with Crippen molar-refractivity contribution in [3.8, 4) is 5.75 Å². The fourth-order valence-electron chi connectivity index (χ4n) is 2.81. The van der Waals surface area contributed by atoms with Crippen LogP contribution in [0, 0.1) is 18.7 Å². The van der Waals surface area contributed by atoms with Crippen molar-refractivity contribution in [2.24, 2.45) is 5.92 Å². The molecular formula is C20H20FN3O4. The Morgan fingerprint density at radius 3 is 2.46 bits per heavy atom. The van der Waals surface area contributed by atoms with Gasteiger partial charge in [0, 0.05) is 18.7 Å². The molecule has 0 radical (unpaired) electrons. The van der Waals surface area contributed by atoms with Gasteiger partial charge in [-0.15, -0.1) is 0 Å². The number of carbonyl (C=O) groups is 3. The Morgan fingerprint density at radius 1 is 1.11 bits per heavy atom. The van der Waals surface area contributed by atoms with Gasteiger partial charge in [0.15, 0.2) is 6.61 Å². The summed E-state index contributed by atoms with van der Waals surface area (Å²) < 4.78 is 18.0. The number of nitrogens with zero attached hydrogens (tertiary/aromatic N) is 1. The first kappa shape index (κ1) is 19.3. The van der Waals surface area contributed by atoms with Gasteiger partial charge >= 0.3 is 0 Å². The van der Waals surface area contributed by atoms with E-state index < -0.39 is 23.5 Å². The van der Waals surface area contributed by atoms with Gasteiger partial charge in [-0.2, -0.15) is 0 Å². The van der Waals surface area contributed by atoms with Crippen LogP contribution in [0.15, 0.2) is 48.5 Å². The van der Waals surface area contributed by atoms with E-state index in [1.54, 1.807) is 4.90 Å². The van der Waals surface area contributed by atoms with Gasteiger partial charge in [0.25, 0.3) is 5.91 Å². The molecular weight excluding hydrogens is 365 g/mol. The van der Waals surface area contributed by atoms with E-state index in [2.05, 4.69) is 10.9 Å². The lowest BCUT2D eigenvalue weighted by Crippen LogP contribution is -2.46. The molecule has 2 N–H and O–H groups in total. The van der Waals surface area contributed by atoms with Crippen molar-refractivity contribution in [2.45, 2.75) is 13.3 Å². The zero-order chi connectivity index (χ0) is 20.1. The summed E-state index contributed by atoms with van der Waals surface area (Å²) in [5, 5.41) is 0. The fraction of sp³-hybridized carbons (Fsp3) is 0.250. The van der Waals surface area contributed by atoms with Crippen molar-refractivity contribution in [3.63, 3.8) is 0 Å². The van der Waals surface area contributed by atoms with Crippen molar-refractivity contribution in [2.75, 3.05) is 18.1 Å². The number of benzene rings is 2. The van der Waals surface area contributed by atoms with Crippen molar-refractivity contribution in [3.05, 3.63) is 59.9 Å². The van der Waals surface area contributed by atoms with E-state index in [1.165, 1.54) is 24.3 Å². The zero-order valence-corrected chi connectivity index (χ0v) is 15.3. The van der Waals surface area contributed by atoms with E-state index in [-0.39, 0.29) is 25.5 Å². The lowest BCUT2D eigenvalue weighted by molar-refractivity contribution is -0.132. The lowest BCUT2D eigenvalue weighted by Gasteiger charge is -2.17. The number of anilines is 1. The topological polar surface area (TPSA) is 87.7 Å². The van der Waals surface area contributed by atoms with Gasteiger partial charge in [0.2, 0.25) is 11.8 Å². The summed E-state index contributed by atoms with van der Waals surface area (Å²) in [5.41, 5.74) is 6.38. The summed E-state index contributed by atoms with van der Waals surface area (Å²) >= 11 is 0. The Balaban J connectivity index is 1.45. The van der Waals surface area contributed by atoms with Crippen LogP contribution in [0.1, 0.15) is 12.0 Å². The molecule has 1 fully saturated rings. The predicted octanol–water partition coefficient (Wildman–Crippen LogP) is 1.71. The fourth-order valence-corrected chi connectivity index (χ4v) is 2.81. The van der Waals surface area contributed by atoms with Crippen LogP contribution in [0.5, 0.6) is 5.75 Å². The summed E-state index contributed by atoms with van der Waals surface area (Å²) in [6, 6.07) is 12.7. The maximum absolute atomic E-state index is 12.8. The highest BCUT2D eigenvalue weighted by Gasteiger charge is 2.35. The number of hydrazine groups is 1. The third kappa shape index (κ3) is 4.85. The Bertz CT molecular complexity index is 868. The SMILES string of the molecule is Cc1ccc(N2C[C@H](C(=O)NNC(=O)COc3ccc(F)cc3)CC2=O)cc1. The Labute approximate surface area is 161 Å². The molecule has 1 heterocycles. The second-order valence-electron chi connectivity index (χ2n) is 6.52. The zero-order valence-electron chi connectivity index (χ0n) is 15.3. The highest BCUT2D eigenvalue weighted by Crippen LogP contribution is 2.25. The van der Waals surface area contributed by atoms with Gasteiger partial charge in [-0.1, -0.05) is 17.7 Å². The highest BCUT2D eigenvalue weighted by molar-refractivity contribution is 6.00. The average Bonchev–Trinajstić information content (AvgIpc) is 3.08. The maximum Gasteiger partial charge on any atom is 0.276 e. The molecule has 1 aliphatic rings. The summed E-state index contributed by atoms with van der Waals surface area (Å²) in [4.78, 5) is 37.8. The number of nitrogens with one attached hydrogen (secondary N) is 2. The number of aryl methyl sites for hydroxylation is 1. The molecule has 7 nitrogen and oxygen atoms in total. The van der Waals surface area contributed by atoms with Crippen molar-refractivity contribution in [1.82, 2.24) is 10.9 Å². The van der Waals surface area contributed by atoms with Crippen LogP contribution in [0.25, 0.3) is 0 Å². The van der Waals surface area contributed by atoms with Crippen LogP contribution < -0.4 is 20.5 Å². The quantitative estimate of drug-likeness (QED) is 0.767. The largest absolute Gasteiger partial charge is 0.484 e. The molecule has 0 unspecified atom stereocenters. The second-order valence-corrected chi connectivity index (χ2v) is 6.52. The minimum absolute atomic E-state index is 0.0711. The number of halogens is 1. The maximum atomic E-state index is 12.8. The third-order valence-corrected chi connectivity index (χ3v) is 4.35. The van der Waals surface area contributed by atoms with E-state index in [0.29, 0.717) is 5.75 Å².